The zero-order valence-electron chi connectivity index (χ0n) is 17.8. The van der Waals surface area contributed by atoms with Gasteiger partial charge in [-0.15, -0.1) is 0 Å². The molecular weight excluding hydrogens is 517 g/mol. The summed E-state index contributed by atoms with van der Waals surface area (Å²) in [7, 11) is 0. The summed E-state index contributed by atoms with van der Waals surface area (Å²) in [4.78, 5) is 0. The van der Waals surface area contributed by atoms with Crippen molar-refractivity contribution in [2.45, 2.75) is 19.0 Å². The molecule has 2 N–H and O–H groups in total. The predicted molar refractivity (Wildman–Crippen MR) is 117 cm³/mol. The van der Waals surface area contributed by atoms with Crippen molar-refractivity contribution in [3.63, 3.8) is 0 Å². The predicted octanol–water partition coefficient (Wildman–Crippen LogP) is 7.86. The average Bonchev–Trinajstić information content (AvgIpc) is 3.24. The Hall–Kier alpha value is -3.73. The van der Waals surface area contributed by atoms with Crippen LogP contribution in [0.1, 0.15) is 16.8 Å². The van der Waals surface area contributed by atoms with Gasteiger partial charge in [-0.3, -0.25) is 5.10 Å². The molecule has 0 aliphatic heterocycles. The van der Waals surface area contributed by atoms with E-state index in [0.29, 0.717) is 11.1 Å². The summed E-state index contributed by atoms with van der Waals surface area (Å²) in [6, 6.07) is 11.9. The quantitative estimate of drug-likeness (QED) is 0.258. The molecule has 0 aliphatic rings. The molecule has 0 spiro atoms. The largest absolute Gasteiger partial charge is 0.507 e. The number of alkyl halides is 6. The zero-order valence-corrected chi connectivity index (χ0v) is 18.6. The maximum Gasteiger partial charge on any atom is 0.433 e. The van der Waals surface area contributed by atoms with E-state index in [1.807, 2.05) is 0 Å². The first kappa shape index (κ1) is 25.4. The molecule has 0 fully saturated rings. The molecule has 4 rings (SSSR count). The lowest BCUT2D eigenvalue weighted by Gasteiger charge is -2.14. The molecule has 1 heterocycles. The fourth-order valence-electron chi connectivity index (χ4n) is 3.47. The molecule has 36 heavy (non-hydrogen) atoms. The number of phenols is 1. The van der Waals surface area contributed by atoms with Crippen molar-refractivity contribution in [2.24, 2.45) is 0 Å². The summed E-state index contributed by atoms with van der Waals surface area (Å²) >= 11 is 5.82. The number of H-pyrrole nitrogens is 1. The molecule has 0 aliphatic carbocycles. The fourth-order valence-corrected chi connectivity index (χ4v) is 3.60. The van der Waals surface area contributed by atoms with Gasteiger partial charge in [0.1, 0.15) is 35.3 Å². The zero-order chi connectivity index (χ0) is 26.3. The van der Waals surface area contributed by atoms with Gasteiger partial charge in [0, 0.05) is 22.2 Å². The minimum absolute atomic E-state index is 0.0949. The van der Waals surface area contributed by atoms with E-state index in [1.54, 1.807) is 29.4 Å². The first-order valence-electron chi connectivity index (χ1n) is 10.1. The standard InChI is InChI=1S/C24H14ClF7N2O2/c25-14-4-1-12(2-5-14)11-36-15-6-7-16(19(35)10-15)21-20(22(34-33-21)24(30,31)32)13-3-8-18(26)17(9-13)23(27,28)29/h1-10,35H,11H2,(H,33,34). The second kappa shape index (κ2) is 9.38. The molecule has 3 aromatic carbocycles. The number of aromatic nitrogens is 2. The maximum absolute atomic E-state index is 13.8. The van der Waals surface area contributed by atoms with Crippen LogP contribution in [0.5, 0.6) is 11.5 Å². The van der Waals surface area contributed by atoms with Crippen molar-refractivity contribution in [1.82, 2.24) is 10.2 Å². The highest BCUT2D eigenvalue weighted by molar-refractivity contribution is 6.30. The van der Waals surface area contributed by atoms with Crippen molar-refractivity contribution in [3.8, 4) is 33.9 Å². The van der Waals surface area contributed by atoms with Gasteiger partial charge in [-0.05, 0) is 47.5 Å². The number of aromatic amines is 1. The average molecular weight is 531 g/mol. The summed E-state index contributed by atoms with van der Waals surface area (Å²) in [6.45, 7) is 0.0949. The third kappa shape index (κ3) is 5.25. The third-order valence-corrected chi connectivity index (χ3v) is 5.41. The lowest BCUT2D eigenvalue weighted by Crippen LogP contribution is -2.10. The number of hydrogen-bond donors (Lipinski definition) is 2. The van der Waals surface area contributed by atoms with Crippen molar-refractivity contribution in [3.05, 3.63) is 88.3 Å². The molecule has 1 aromatic heterocycles. The van der Waals surface area contributed by atoms with E-state index in [-0.39, 0.29) is 24.0 Å². The van der Waals surface area contributed by atoms with Gasteiger partial charge in [-0.1, -0.05) is 29.8 Å². The van der Waals surface area contributed by atoms with Crippen LogP contribution in [0.25, 0.3) is 22.4 Å². The molecule has 0 amide bonds. The van der Waals surface area contributed by atoms with Crippen LogP contribution in [0.3, 0.4) is 0 Å². The van der Waals surface area contributed by atoms with Gasteiger partial charge in [0.25, 0.3) is 0 Å². The van der Waals surface area contributed by atoms with Gasteiger partial charge in [0.15, 0.2) is 0 Å². The van der Waals surface area contributed by atoms with Crippen LogP contribution in [0.15, 0.2) is 60.7 Å². The SMILES string of the molecule is Oc1cc(OCc2ccc(Cl)cc2)ccc1-c1n[nH]c(C(F)(F)F)c1-c1ccc(F)c(C(F)(F)F)c1. The van der Waals surface area contributed by atoms with Crippen LogP contribution in [0.4, 0.5) is 30.7 Å². The molecule has 0 atom stereocenters. The Bertz CT molecular complexity index is 1400. The van der Waals surface area contributed by atoms with Crippen LogP contribution in [-0.2, 0) is 19.0 Å². The summed E-state index contributed by atoms with van der Waals surface area (Å²) in [6.07, 6.45) is -10.2. The van der Waals surface area contributed by atoms with Gasteiger partial charge >= 0.3 is 12.4 Å². The lowest BCUT2D eigenvalue weighted by atomic mass is 9.96. The van der Waals surface area contributed by atoms with Crippen LogP contribution in [-0.4, -0.2) is 15.3 Å². The van der Waals surface area contributed by atoms with E-state index < -0.39 is 52.0 Å². The number of halogens is 8. The number of aromatic hydroxyl groups is 1. The molecule has 0 saturated carbocycles. The third-order valence-electron chi connectivity index (χ3n) is 5.15. The number of rotatable bonds is 5. The second-order valence-corrected chi connectivity index (χ2v) is 8.04. The van der Waals surface area contributed by atoms with E-state index in [4.69, 9.17) is 16.3 Å². The maximum atomic E-state index is 13.8. The van der Waals surface area contributed by atoms with Crippen LogP contribution in [0.2, 0.25) is 5.02 Å². The van der Waals surface area contributed by atoms with Crippen molar-refractivity contribution >= 4 is 11.6 Å². The molecular formula is C24H14ClF7N2O2. The van der Waals surface area contributed by atoms with E-state index >= 15 is 0 Å². The first-order valence-corrected chi connectivity index (χ1v) is 10.5. The fraction of sp³-hybridized carbons (Fsp3) is 0.125. The number of phenolic OH excluding ortho intramolecular Hbond substituents is 1. The summed E-state index contributed by atoms with van der Waals surface area (Å²) < 4.78 is 100.0. The van der Waals surface area contributed by atoms with Gasteiger partial charge < -0.3 is 9.84 Å². The lowest BCUT2D eigenvalue weighted by molar-refractivity contribution is -0.140. The van der Waals surface area contributed by atoms with Gasteiger partial charge in [0.2, 0.25) is 0 Å². The second-order valence-electron chi connectivity index (χ2n) is 7.61. The Labute approximate surface area is 203 Å². The first-order chi connectivity index (χ1) is 16.8. The topological polar surface area (TPSA) is 58.1 Å². The number of ether oxygens (including phenoxy) is 1. The Morgan fingerprint density at radius 2 is 1.58 bits per heavy atom. The van der Waals surface area contributed by atoms with Crippen LogP contribution >= 0.6 is 11.6 Å². The molecule has 0 bridgehead atoms. The minimum atomic E-state index is -5.15. The number of hydrogen-bond acceptors (Lipinski definition) is 3. The minimum Gasteiger partial charge on any atom is -0.507 e. The number of nitrogens with one attached hydrogen (secondary N) is 1. The Morgan fingerprint density at radius 1 is 0.889 bits per heavy atom. The normalized spacial score (nSPS) is 12.1. The highest BCUT2D eigenvalue weighted by Gasteiger charge is 2.40. The van der Waals surface area contributed by atoms with E-state index in [2.05, 4.69) is 5.10 Å². The smallest absolute Gasteiger partial charge is 0.433 e. The van der Waals surface area contributed by atoms with Crippen molar-refractivity contribution in [1.29, 1.82) is 0 Å². The summed E-state index contributed by atoms with van der Waals surface area (Å²) in [5.74, 6) is -2.02. The highest BCUT2D eigenvalue weighted by Crippen LogP contribution is 2.45. The van der Waals surface area contributed by atoms with Crippen molar-refractivity contribution < 1.29 is 40.6 Å². The van der Waals surface area contributed by atoms with Gasteiger partial charge in [0.05, 0.1) is 5.56 Å². The summed E-state index contributed by atoms with van der Waals surface area (Å²) in [5.41, 5.74) is -4.52. The van der Waals surface area contributed by atoms with Crippen molar-refractivity contribution in [2.75, 3.05) is 0 Å². The van der Waals surface area contributed by atoms with Crippen LogP contribution < -0.4 is 4.74 Å². The monoisotopic (exact) mass is 530 g/mol. The number of nitrogens with zero attached hydrogens (tertiary/aromatic N) is 1. The van der Waals surface area contributed by atoms with Gasteiger partial charge in [-0.25, -0.2) is 4.39 Å². The molecule has 188 valence electrons. The Balaban J connectivity index is 1.75. The Morgan fingerprint density at radius 3 is 2.19 bits per heavy atom. The van der Waals surface area contributed by atoms with E-state index in [0.717, 1.165) is 17.7 Å². The summed E-state index contributed by atoms with van der Waals surface area (Å²) in [5, 5.41) is 16.4. The van der Waals surface area contributed by atoms with Crippen LogP contribution in [0, 0.1) is 5.82 Å². The molecule has 0 saturated heterocycles. The van der Waals surface area contributed by atoms with E-state index in [9.17, 15) is 35.8 Å². The van der Waals surface area contributed by atoms with E-state index in [1.165, 1.54) is 12.1 Å². The number of benzene rings is 3. The molecule has 4 aromatic rings. The Kier molecular flexibility index (Phi) is 6.61. The molecule has 0 radical (unpaired) electrons. The molecule has 12 heteroatoms. The highest BCUT2D eigenvalue weighted by atomic mass is 35.5. The molecule has 0 unspecified atom stereocenters. The van der Waals surface area contributed by atoms with Gasteiger partial charge in [-0.2, -0.15) is 31.4 Å². The molecule has 4 nitrogen and oxygen atoms in total.